The maximum atomic E-state index is 4.75. The van der Waals surface area contributed by atoms with Gasteiger partial charge >= 0.3 is 0 Å². The normalized spacial score (nSPS) is 9.75. The topological polar surface area (TPSA) is 26.0 Å². The van der Waals surface area contributed by atoms with Gasteiger partial charge in [0.1, 0.15) is 0 Å². The van der Waals surface area contributed by atoms with Gasteiger partial charge in [0.05, 0.1) is 5.69 Å². The SMILES string of the molecule is Cc1cc(SS)on1. The average Bonchev–Trinajstić information content (AvgIpc) is 2.14. The third-order valence-corrected chi connectivity index (χ3v) is 1.61. The van der Waals surface area contributed by atoms with E-state index in [0.717, 1.165) is 10.8 Å². The lowest BCUT2D eigenvalue weighted by Crippen LogP contribution is -1.59. The van der Waals surface area contributed by atoms with Crippen molar-refractivity contribution in [1.82, 2.24) is 5.16 Å². The highest BCUT2D eigenvalue weighted by Crippen LogP contribution is 2.20. The zero-order chi connectivity index (χ0) is 5.98. The first-order valence-electron chi connectivity index (χ1n) is 2.07. The molecule has 0 fully saturated rings. The summed E-state index contributed by atoms with van der Waals surface area (Å²) in [5.41, 5.74) is 0.890. The Balaban J connectivity index is 2.84. The summed E-state index contributed by atoms with van der Waals surface area (Å²) in [7, 11) is 1.25. The molecule has 0 aliphatic carbocycles. The van der Waals surface area contributed by atoms with E-state index >= 15 is 0 Å². The molecule has 0 aliphatic heterocycles. The third-order valence-electron chi connectivity index (χ3n) is 0.696. The number of hydrogen-bond acceptors (Lipinski definition) is 4. The van der Waals surface area contributed by atoms with Crippen LogP contribution in [-0.2, 0) is 0 Å². The predicted molar refractivity (Wildman–Crippen MR) is 36.1 cm³/mol. The van der Waals surface area contributed by atoms with Crippen LogP contribution in [0.4, 0.5) is 0 Å². The summed E-state index contributed by atoms with van der Waals surface area (Å²) in [4.78, 5) is 0. The molecular weight excluding hydrogens is 142 g/mol. The van der Waals surface area contributed by atoms with Crippen molar-refractivity contribution in [2.24, 2.45) is 0 Å². The van der Waals surface area contributed by atoms with Crippen LogP contribution in [0, 0.1) is 6.92 Å². The number of rotatable bonds is 1. The Hall–Kier alpha value is -0.0900. The smallest absolute Gasteiger partial charge is 0.203 e. The van der Waals surface area contributed by atoms with Crippen molar-refractivity contribution < 1.29 is 4.52 Å². The number of aryl methyl sites for hydroxylation is 1. The standard InChI is InChI=1S/C4H5NOS2/c1-3-2-4(8-7)6-5-3/h2,7H,1H3. The van der Waals surface area contributed by atoms with Gasteiger partial charge in [0.2, 0.25) is 5.09 Å². The van der Waals surface area contributed by atoms with Crippen LogP contribution in [-0.4, -0.2) is 5.16 Å². The average molecular weight is 147 g/mol. The molecule has 0 unspecified atom stereocenters. The molecule has 4 heteroatoms. The second-order valence-corrected chi connectivity index (χ2v) is 2.51. The molecule has 0 radical (unpaired) electrons. The molecule has 8 heavy (non-hydrogen) atoms. The quantitative estimate of drug-likeness (QED) is 0.485. The molecule has 0 N–H and O–H groups in total. The van der Waals surface area contributed by atoms with E-state index in [2.05, 4.69) is 16.8 Å². The van der Waals surface area contributed by atoms with Gasteiger partial charge in [-0.25, -0.2) is 0 Å². The molecule has 0 spiro atoms. The molecule has 1 aromatic rings. The van der Waals surface area contributed by atoms with Crippen LogP contribution in [0.25, 0.3) is 0 Å². The molecule has 0 saturated carbocycles. The molecule has 2 nitrogen and oxygen atoms in total. The van der Waals surface area contributed by atoms with Crippen LogP contribution >= 0.6 is 22.5 Å². The van der Waals surface area contributed by atoms with E-state index in [4.69, 9.17) is 4.52 Å². The Kier molecular flexibility index (Phi) is 1.85. The van der Waals surface area contributed by atoms with Crippen molar-refractivity contribution in [3.05, 3.63) is 11.8 Å². The molecule has 0 saturated heterocycles. The minimum Gasteiger partial charge on any atom is -0.349 e. The van der Waals surface area contributed by atoms with Crippen molar-refractivity contribution in [3.63, 3.8) is 0 Å². The lowest BCUT2D eigenvalue weighted by molar-refractivity contribution is 0.347. The molecule has 0 bridgehead atoms. The van der Waals surface area contributed by atoms with Crippen LogP contribution < -0.4 is 0 Å². The number of nitrogens with zero attached hydrogens (tertiary/aromatic N) is 1. The minimum atomic E-state index is 0.742. The second kappa shape index (κ2) is 2.46. The van der Waals surface area contributed by atoms with Gasteiger partial charge in [0, 0.05) is 6.07 Å². The summed E-state index contributed by atoms with van der Waals surface area (Å²) < 4.78 is 4.75. The molecule has 1 heterocycles. The van der Waals surface area contributed by atoms with E-state index < -0.39 is 0 Å². The Morgan fingerprint density at radius 2 is 2.62 bits per heavy atom. The molecule has 1 rings (SSSR count). The maximum Gasteiger partial charge on any atom is 0.203 e. The molecule has 44 valence electrons. The van der Waals surface area contributed by atoms with Crippen LogP contribution in [0.2, 0.25) is 0 Å². The fourth-order valence-corrected chi connectivity index (χ4v) is 0.935. The van der Waals surface area contributed by atoms with E-state index in [9.17, 15) is 0 Å². The van der Waals surface area contributed by atoms with Gasteiger partial charge in [-0.1, -0.05) is 5.16 Å². The summed E-state index contributed by atoms with van der Waals surface area (Å²) in [5.74, 6) is 0. The Bertz CT molecular complexity index is 174. The molecule has 1 aromatic heterocycles. The van der Waals surface area contributed by atoms with Gasteiger partial charge in [-0.05, 0) is 17.7 Å². The summed E-state index contributed by atoms with van der Waals surface area (Å²) in [5, 5.41) is 4.38. The summed E-state index contributed by atoms with van der Waals surface area (Å²) >= 11 is 3.91. The predicted octanol–water partition coefficient (Wildman–Crippen LogP) is 1.92. The Morgan fingerprint density at radius 3 is 2.88 bits per heavy atom. The van der Waals surface area contributed by atoms with Crippen molar-refractivity contribution in [3.8, 4) is 0 Å². The van der Waals surface area contributed by atoms with Crippen molar-refractivity contribution >= 4 is 22.5 Å². The van der Waals surface area contributed by atoms with E-state index in [1.54, 1.807) is 0 Å². The van der Waals surface area contributed by atoms with E-state index in [1.165, 1.54) is 10.8 Å². The highest BCUT2D eigenvalue weighted by atomic mass is 33.1. The van der Waals surface area contributed by atoms with Gasteiger partial charge in [0.25, 0.3) is 0 Å². The highest BCUT2D eigenvalue weighted by Gasteiger charge is 1.95. The zero-order valence-electron chi connectivity index (χ0n) is 4.29. The van der Waals surface area contributed by atoms with Gasteiger partial charge in [-0.3, -0.25) is 0 Å². The molecule has 0 atom stereocenters. The van der Waals surface area contributed by atoms with Gasteiger partial charge in [-0.2, -0.15) is 0 Å². The highest BCUT2D eigenvalue weighted by molar-refractivity contribution is 8.68. The summed E-state index contributed by atoms with van der Waals surface area (Å²) in [6, 6.07) is 1.83. The van der Waals surface area contributed by atoms with Crippen molar-refractivity contribution in [2.75, 3.05) is 0 Å². The first-order valence-corrected chi connectivity index (χ1v) is 3.94. The van der Waals surface area contributed by atoms with E-state index in [1.807, 2.05) is 13.0 Å². The van der Waals surface area contributed by atoms with Crippen LogP contribution in [0.3, 0.4) is 0 Å². The largest absolute Gasteiger partial charge is 0.349 e. The number of aromatic nitrogens is 1. The van der Waals surface area contributed by atoms with Crippen LogP contribution in [0.1, 0.15) is 5.69 Å². The number of hydrogen-bond donors (Lipinski definition) is 1. The van der Waals surface area contributed by atoms with Crippen molar-refractivity contribution in [2.45, 2.75) is 12.0 Å². The number of thiol groups is 1. The zero-order valence-corrected chi connectivity index (χ0v) is 6.00. The maximum absolute atomic E-state index is 4.75. The van der Waals surface area contributed by atoms with Gasteiger partial charge < -0.3 is 4.52 Å². The fourth-order valence-electron chi connectivity index (χ4n) is 0.383. The Morgan fingerprint density at radius 1 is 1.88 bits per heavy atom. The lowest BCUT2D eigenvalue weighted by atomic mass is 10.5. The summed E-state index contributed by atoms with van der Waals surface area (Å²) in [6.07, 6.45) is 0. The first kappa shape index (κ1) is 6.04. The molecular formula is C4H5NOS2. The lowest BCUT2D eigenvalue weighted by Gasteiger charge is -1.75. The third kappa shape index (κ3) is 1.20. The van der Waals surface area contributed by atoms with Gasteiger partial charge in [-0.15, -0.1) is 11.7 Å². The Labute approximate surface area is 56.4 Å². The second-order valence-electron chi connectivity index (χ2n) is 1.38. The summed E-state index contributed by atoms with van der Waals surface area (Å²) in [6.45, 7) is 1.87. The first-order chi connectivity index (χ1) is 3.83. The van der Waals surface area contributed by atoms with E-state index in [0.29, 0.717) is 0 Å². The monoisotopic (exact) mass is 147 g/mol. The van der Waals surface area contributed by atoms with Crippen molar-refractivity contribution in [1.29, 1.82) is 0 Å². The van der Waals surface area contributed by atoms with Gasteiger partial charge in [0.15, 0.2) is 0 Å². The molecule has 0 amide bonds. The van der Waals surface area contributed by atoms with Crippen LogP contribution in [0.15, 0.2) is 15.7 Å². The van der Waals surface area contributed by atoms with E-state index in [-0.39, 0.29) is 0 Å². The van der Waals surface area contributed by atoms with Crippen LogP contribution in [0.5, 0.6) is 0 Å². The molecule has 0 aliphatic rings. The molecule has 0 aromatic carbocycles. The fraction of sp³-hybridized carbons (Fsp3) is 0.250. The minimum absolute atomic E-state index is 0.742.